The molecular formula is C15H21Co-. The molecule has 2 aliphatic rings. The minimum atomic E-state index is 0. The largest absolute Gasteiger partial charge is 0.172 e. The number of hydrogen-bond donors (Lipinski definition) is 0. The summed E-state index contributed by atoms with van der Waals surface area (Å²) in [5.74, 6) is 0. The zero-order valence-electron chi connectivity index (χ0n) is 10.2. The van der Waals surface area contributed by atoms with E-state index < -0.39 is 0 Å². The first-order valence-corrected chi connectivity index (χ1v) is 5.99. The smallest absolute Gasteiger partial charge is 0 e. The Bertz CT molecular complexity index is 293. The number of unbranched alkanes of at least 4 members (excludes halogenated alkanes) is 3. The number of benzene rings is 1. The van der Waals surface area contributed by atoms with Crippen molar-refractivity contribution in [2.45, 2.75) is 39.5 Å². The van der Waals surface area contributed by atoms with Crippen LogP contribution in [0.15, 0.2) is 42.5 Å². The van der Waals surface area contributed by atoms with Crippen molar-refractivity contribution >= 4 is 0 Å². The van der Waals surface area contributed by atoms with Crippen molar-refractivity contribution in [1.29, 1.82) is 0 Å². The Balaban J connectivity index is 0.000000289. The Morgan fingerprint density at radius 1 is 0.938 bits per heavy atom. The van der Waals surface area contributed by atoms with Crippen LogP contribution in [0.2, 0.25) is 0 Å². The van der Waals surface area contributed by atoms with Crippen LogP contribution in [0.25, 0.3) is 11.1 Å². The van der Waals surface area contributed by atoms with Gasteiger partial charge in [0.1, 0.15) is 0 Å². The molecule has 0 atom stereocenters. The summed E-state index contributed by atoms with van der Waals surface area (Å²) in [4.78, 5) is 0. The van der Waals surface area contributed by atoms with E-state index in [9.17, 15) is 0 Å². The van der Waals surface area contributed by atoms with Gasteiger partial charge in [0.15, 0.2) is 0 Å². The second-order valence-electron chi connectivity index (χ2n) is 3.86. The van der Waals surface area contributed by atoms with Crippen LogP contribution < -0.4 is 0 Å². The van der Waals surface area contributed by atoms with Crippen molar-refractivity contribution in [1.82, 2.24) is 0 Å². The first kappa shape index (κ1) is 15.3. The Kier molecular flexibility index (Phi) is 9.16. The van der Waals surface area contributed by atoms with Crippen molar-refractivity contribution in [3.05, 3.63) is 42.5 Å². The molecule has 0 saturated carbocycles. The summed E-state index contributed by atoms with van der Waals surface area (Å²) in [6, 6.07) is 14.7. The molecular weight excluding hydrogens is 239 g/mol. The quantitative estimate of drug-likeness (QED) is 0.532. The molecule has 91 valence electrons. The SMILES string of the molecule is CCCCCC.[Co].c1cc2cc[cH-]cc-2c1. The molecule has 1 radical (unpaired) electrons. The Morgan fingerprint density at radius 3 is 2.12 bits per heavy atom. The Morgan fingerprint density at radius 2 is 1.56 bits per heavy atom. The molecule has 0 fully saturated rings. The molecule has 0 aromatic carbocycles. The van der Waals surface area contributed by atoms with Gasteiger partial charge in [-0.05, 0) is 0 Å². The predicted octanol–water partition coefficient (Wildman–Crippen LogP) is 5.09. The van der Waals surface area contributed by atoms with Crippen LogP contribution in [0, 0.1) is 0 Å². The van der Waals surface area contributed by atoms with E-state index in [1.807, 2.05) is 0 Å². The van der Waals surface area contributed by atoms with Crippen molar-refractivity contribution < 1.29 is 16.8 Å². The van der Waals surface area contributed by atoms with Gasteiger partial charge in [0, 0.05) is 16.8 Å². The van der Waals surface area contributed by atoms with E-state index in [4.69, 9.17) is 0 Å². The molecule has 0 amide bonds. The van der Waals surface area contributed by atoms with Crippen LogP contribution in [0.1, 0.15) is 39.5 Å². The van der Waals surface area contributed by atoms with Gasteiger partial charge < -0.3 is 0 Å². The molecule has 0 nitrogen and oxygen atoms in total. The molecule has 0 bridgehead atoms. The second kappa shape index (κ2) is 9.55. The summed E-state index contributed by atoms with van der Waals surface area (Å²) in [6.07, 6.45) is 5.54. The summed E-state index contributed by atoms with van der Waals surface area (Å²) in [5, 5.41) is 0. The van der Waals surface area contributed by atoms with Crippen molar-refractivity contribution in [3.63, 3.8) is 0 Å². The van der Waals surface area contributed by atoms with E-state index in [1.54, 1.807) is 0 Å². The van der Waals surface area contributed by atoms with E-state index >= 15 is 0 Å². The molecule has 16 heavy (non-hydrogen) atoms. The van der Waals surface area contributed by atoms with Gasteiger partial charge in [-0.15, -0.1) is 17.2 Å². The number of rotatable bonds is 3. The van der Waals surface area contributed by atoms with Crippen molar-refractivity contribution in [3.8, 4) is 11.1 Å². The zero-order valence-corrected chi connectivity index (χ0v) is 11.2. The van der Waals surface area contributed by atoms with E-state index in [1.165, 1.54) is 36.8 Å². The molecule has 1 heteroatoms. The first-order valence-electron chi connectivity index (χ1n) is 5.99. The summed E-state index contributed by atoms with van der Waals surface area (Å²) >= 11 is 0. The van der Waals surface area contributed by atoms with Crippen LogP contribution in [-0.2, 0) is 16.8 Å². The fourth-order valence-corrected chi connectivity index (χ4v) is 1.57. The molecule has 0 spiro atoms. The van der Waals surface area contributed by atoms with Gasteiger partial charge in [0.05, 0.1) is 0 Å². The van der Waals surface area contributed by atoms with E-state index in [0.717, 1.165) is 0 Å². The summed E-state index contributed by atoms with van der Waals surface area (Å²) in [5.41, 5.74) is 2.66. The van der Waals surface area contributed by atoms with E-state index in [-0.39, 0.29) is 16.8 Å². The maximum atomic E-state index is 2.23. The minimum Gasteiger partial charge on any atom is -0.172 e. The summed E-state index contributed by atoms with van der Waals surface area (Å²) < 4.78 is 0. The van der Waals surface area contributed by atoms with E-state index in [0.29, 0.717) is 0 Å². The topological polar surface area (TPSA) is 0 Å². The average Bonchev–Trinajstić information content (AvgIpc) is 2.75. The van der Waals surface area contributed by atoms with Crippen LogP contribution in [0.3, 0.4) is 0 Å². The minimum absolute atomic E-state index is 0. The zero-order chi connectivity index (χ0) is 10.9. The maximum absolute atomic E-state index is 2.23. The molecule has 2 rings (SSSR count). The molecule has 0 aromatic heterocycles. The fourth-order valence-electron chi connectivity index (χ4n) is 1.57. The van der Waals surface area contributed by atoms with Gasteiger partial charge >= 0.3 is 0 Å². The summed E-state index contributed by atoms with van der Waals surface area (Å²) in [6.45, 7) is 4.46. The van der Waals surface area contributed by atoms with Gasteiger partial charge in [-0.3, -0.25) is 0 Å². The van der Waals surface area contributed by atoms with Crippen LogP contribution in [0.5, 0.6) is 0 Å². The Hall–Kier alpha value is -0.664. The number of fused-ring (bicyclic) bond motifs is 1. The molecule has 0 unspecified atom stereocenters. The van der Waals surface area contributed by atoms with Crippen LogP contribution in [-0.4, -0.2) is 0 Å². The first-order chi connectivity index (χ1) is 7.38. The standard InChI is InChI=1S/C9H7.C6H14.Co/c1-2-5-9-7-3-6-8(9)4-1;1-3-5-6-4-2;/h1-7H;3-6H2,1-2H3;/q-1;;. The second-order valence-corrected chi connectivity index (χ2v) is 3.86. The fraction of sp³-hybridized carbons (Fsp3) is 0.400. The van der Waals surface area contributed by atoms with Gasteiger partial charge in [-0.2, -0.15) is 24.3 Å². The monoisotopic (exact) mass is 260 g/mol. The van der Waals surface area contributed by atoms with Crippen molar-refractivity contribution in [2.24, 2.45) is 0 Å². The van der Waals surface area contributed by atoms with Crippen molar-refractivity contribution in [2.75, 3.05) is 0 Å². The molecule has 0 aliphatic heterocycles. The number of hydrogen-bond acceptors (Lipinski definition) is 0. The maximum Gasteiger partial charge on any atom is 0 e. The molecule has 0 aromatic rings. The van der Waals surface area contributed by atoms with Gasteiger partial charge in [-0.25, -0.2) is 0 Å². The third-order valence-electron chi connectivity index (χ3n) is 2.50. The van der Waals surface area contributed by atoms with Gasteiger partial charge in [-0.1, -0.05) is 51.7 Å². The molecule has 2 aliphatic carbocycles. The predicted molar refractivity (Wildman–Crippen MR) is 68.5 cm³/mol. The summed E-state index contributed by atoms with van der Waals surface area (Å²) in [7, 11) is 0. The average molecular weight is 260 g/mol. The third-order valence-corrected chi connectivity index (χ3v) is 2.50. The normalized spacial score (nSPS) is 9.12. The van der Waals surface area contributed by atoms with Gasteiger partial charge in [0.2, 0.25) is 0 Å². The molecule has 0 heterocycles. The van der Waals surface area contributed by atoms with Crippen LogP contribution in [0.4, 0.5) is 0 Å². The molecule has 0 saturated heterocycles. The van der Waals surface area contributed by atoms with E-state index in [2.05, 4.69) is 56.3 Å². The van der Waals surface area contributed by atoms with Gasteiger partial charge in [0.25, 0.3) is 0 Å². The third kappa shape index (κ3) is 5.43. The molecule has 0 N–H and O–H groups in total. The Labute approximate surface area is 110 Å². The van der Waals surface area contributed by atoms with Crippen LogP contribution >= 0.6 is 0 Å².